The zero-order chi connectivity index (χ0) is 10.9. The maximum Gasteiger partial charge on any atom is 0.0822 e. The quantitative estimate of drug-likeness (QED) is 0.737. The summed E-state index contributed by atoms with van der Waals surface area (Å²) in [5.74, 6) is 0. The Labute approximate surface area is 91.1 Å². The highest BCUT2D eigenvalue weighted by atomic mass is 15.3. The zero-order valence-electron chi connectivity index (χ0n) is 9.75. The van der Waals surface area contributed by atoms with Crippen LogP contribution in [0.2, 0.25) is 0 Å². The van der Waals surface area contributed by atoms with E-state index in [0.717, 1.165) is 10.9 Å². The van der Waals surface area contributed by atoms with Gasteiger partial charge in [-0.25, -0.2) is 0 Å². The second-order valence-corrected chi connectivity index (χ2v) is 5.12. The Bertz CT molecular complexity index is 449. The van der Waals surface area contributed by atoms with Crippen molar-refractivity contribution >= 4 is 10.9 Å². The van der Waals surface area contributed by atoms with E-state index in [9.17, 15) is 0 Å². The molecule has 1 aromatic heterocycles. The summed E-state index contributed by atoms with van der Waals surface area (Å²) in [5.41, 5.74) is 2.67. The lowest BCUT2D eigenvalue weighted by Gasteiger charge is -2.23. The van der Waals surface area contributed by atoms with E-state index in [2.05, 4.69) is 56.6 Å². The summed E-state index contributed by atoms with van der Waals surface area (Å²) in [5, 5.41) is 1.37. The first kappa shape index (κ1) is 10.2. The Balaban J connectivity index is 2.22. The molecule has 1 heterocycles. The van der Waals surface area contributed by atoms with Gasteiger partial charge >= 0.3 is 0 Å². The van der Waals surface area contributed by atoms with Crippen molar-refractivity contribution in [2.75, 3.05) is 27.7 Å². The number of para-hydroxylation sites is 1. The van der Waals surface area contributed by atoms with Gasteiger partial charge in [0.05, 0.1) is 27.7 Å². The highest BCUT2D eigenvalue weighted by Crippen LogP contribution is 2.18. The van der Waals surface area contributed by atoms with Crippen molar-refractivity contribution in [3.05, 3.63) is 36.0 Å². The van der Waals surface area contributed by atoms with Gasteiger partial charge in [-0.1, -0.05) is 18.2 Å². The minimum Gasteiger partial charge on any atom is -0.361 e. The molecule has 0 atom stereocenters. The van der Waals surface area contributed by atoms with Crippen LogP contribution in [0.3, 0.4) is 0 Å². The number of H-pyrrole nitrogens is 1. The number of hydrogen-bond donors (Lipinski definition) is 1. The summed E-state index contributed by atoms with van der Waals surface area (Å²) in [6, 6.07) is 8.50. The fraction of sp³-hybridized carbons (Fsp3) is 0.385. The summed E-state index contributed by atoms with van der Waals surface area (Å²) < 4.78 is 1.01. The Kier molecular flexibility index (Phi) is 2.53. The molecule has 2 nitrogen and oxygen atoms in total. The summed E-state index contributed by atoms with van der Waals surface area (Å²) in [6.45, 7) is 1.17. The topological polar surface area (TPSA) is 15.8 Å². The van der Waals surface area contributed by atoms with Gasteiger partial charge in [-0.05, 0) is 11.6 Å². The molecule has 0 fully saturated rings. The molecule has 0 bridgehead atoms. The first-order valence-electron chi connectivity index (χ1n) is 5.42. The van der Waals surface area contributed by atoms with E-state index in [1.165, 1.54) is 23.0 Å². The predicted octanol–water partition coefficient (Wildman–Crippen LogP) is 2.42. The molecule has 0 radical (unpaired) electrons. The lowest BCUT2D eigenvalue weighted by atomic mass is 10.1. The Morgan fingerprint density at radius 2 is 1.87 bits per heavy atom. The van der Waals surface area contributed by atoms with Crippen LogP contribution in [-0.2, 0) is 6.42 Å². The first-order chi connectivity index (χ1) is 7.06. The molecule has 0 aliphatic carbocycles. The molecule has 2 aromatic rings. The van der Waals surface area contributed by atoms with E-state index in [1.807, 2.05) is 0 Å². The Morgan fingerprint density at radius 1 is 1.13 bits per heavy atom. The summed E-state index contributed by atoms with van der Waals surface area (Å²) in [7, 11) is 6.69. The van der Waals surface area contributed by atoms with Crippen molar-refractivity contribution < 1.29 is 4.48 Å². The summed E-state index contributed by atoms with van der Waals surface area (Å²) in [6.07, 6.45) is 3.27. The number of rotatable bonds is 3. The van der Waals surface area contributed by atoms with E-state index in [0.29, 0.717) is 0 Å². The van der Waals surface area contributed by atoms with Crippen LogP contribution < -0.4 is 0 Å². The van der Waals surface area contributed by atoms with Gasteiger partial charge in [-0.2, -0.15) is 0 Å². The Hall–Kier alpha value is -1.28. The first-order valence-corrected chi connectivity index (χ1v) is 5.42. The van der Waals surface area contributed by atoms with Crippen molar-refractivity contribution in [3.8, 4) is 0 Å². The minimum absolute atomic E-state index is 1.01. The molecule has 0 saturated heterocycles. The van der Waals surface area contributed by atoms with Crippen LogP contribution in [-0.4, -0.2) is 37.2 Å². The molecular weight excluding hydrogens is 184 g/mol. The van der Waals surface area contributed by atoms with Crippen LogP contribution >= 0.6 is 0 Å². The average Bonchev–Trinajstić information content (AvgIpc) is 2.57. The average molecular weight is 203 g/mol. The fourth-order valence-electron chi connectivity index (χ4n) is 1.79. The molecule has 0 unspecified atom stereocenters. The third-order valence-corrected chi connectivity index (χ3v) is 2.73. The van der Waals surface area contributed by atoms with Gasteiger partial charge in [-0.3, -0.25) is 0 Å². The van der Waals surface area contributed by atoms with E-state index in [-0.39, 0.29) is 0 Å². The number of hydrogen-bond acceptors (Lipinski definition) is 0. The predicted molar refractivity (Wildman–Crippen MR) is 64.9 cm³/mol. The van der Waals surface area contributed by atoms with Gasteiger partial charge in [0.2, 0.25) is 0 Å². The van der Waals surface area contributed by atoms with Gasteiger partial charge in [0.1, 0.15) is 0 Å². The lowest BCUT2D eigenvalue weighted by Crippen LogP contribution is -2.36. The third-order valence-electron chi connectivity index (χ3n) is 2.73. The summed E-state index contributed by atoms with van der Waals surface area (Å²) >= 11 is 0. The van der Waals surface area contributed by atoms with Crippen molar-refractivity contribution in [1.82, 2.24) is 4.98 Å². The van der Waals surface area contributed by atoms with Crippen LogP contribution in [0.5, 0.6) is 0 Å². The van der Waals surface area contributed by atoms with Gasteiger partial charge in [0.25, 0.3) is 0 Å². The van der Waals surface area contributed by atoms with Crippen molar-refractivity contribution in [2.24, 2.45) is 0 Å². The molecule has 0 saturated carbocycles. The third kappa shape index (κ3) is 2.39. The number of nitrogens with one attached hydrogen (secondary N) is 1. The van der Waals surface area contributed by atoms with Crippen molar-refractivity contribution in [3.63, 3.8) is 0 Å². The number of aromatic amines is 1. The van der Waals surface area contributed by atoms with E-state index < -0.39 is 0 Å². The van der Waals surface area contributed by atoms with E-state index in [1.54, 1.807) is 0 Å². The highest BCUT2D eigenvalue weighted by Gasteiger charge is 2.09. The number of benzene rings is 1. The lowest BCUT2D eigenvalue weighted by molar-refractivity contribution is -0.870. The number of fused-ring (bicyclic) bond motifs is 1. The fourth-order valence-corrected chi connectivity index (χ4v) is 1.79. The number of likely N-dealkylation sites (N-methyl/N-ethyl adjacent to an activating group) is 1. The SMILES string of the molecule is C[N+](C)(C)CCc1c[nH]c2ccccc12. The normalized spacial score (nSPS) is 12.2. The minimum atomic E-state index is 1.01. The molecule has 0 amide bonds. The van der Waals surface area contributed by atoms with Crippen LogP contribution in [0.25, 0.3) is 10.9 Å². The molecule has 1 N–H and O–H groups in total. The number of quaternary nitrogens is 1. The smallest absolute Gasteiger partial charge is 0.0822 e. The number of nitrogens with zero attached hydrogens (tertiary/aromatic N) is 1. The second kappa shape index (κ2) is 3.70. The molecule has 2 heteroatoms. The molecule has 80 valence electrons. The van der Waals surface area contributed by atoms with Crippen LogP contribution in [0.1, 0.15) is 5.56 Å². The molecule has 15 heavy (non-hydrogen) atoms. The molecular formula is C13H19N2+. The van der Waals surface area contributed by atoms with Crippen LogP contribution in [0.15, 0.2) is 30.5 Å². The molecule has 0 aliphatic heterocycles. The molecule has 0 spiro atoms. The molecule has 0 aliphatic rings. The highest BCUT2D eigenvalue weighted by molar-refractivity contribution is 5.82. The van der Waals surface area contributed by atoms with E-state index in [4.69, 9.17) is 0 Å². The largest absolute Gasteiger partial charge is 0.361 e. The van der Waals surface area contributed by atoms with Crippen molar-refractivity contribution in [1.29, 1.82) is 0 Å². The zero-order valence-corrected chi connectivity index (χ0v) is 9.75. The van der Waals surface area contributed by atoms with Gasteiger partial charge in [0, 0.05) is 23.5 Å². The Morgan fingerprint density at radius 3 is 2.60 bits per heavy atom. The van der Waals surface area contributed by atoms with Gasteiger partial charge in [0.15, 0.2) is 0 Å². The van der Waals surface area contributed by atoms with Gasteiger partial charge in [-0.15, -0.1) is 0 Å². The number of aromatic nitrogens is 1. The summed E-state index contributed by atoms with van der Waals surface area (Å²) in [4.78, 5) is 3.32. The molecule has 2 rings (SSSR count). The van der Waals surface area contributed by atoms with Crippen molar-refractivity contribution in [2.45, 2.75) is 6.42 Å². The van der Waals surface area contributed by atoms with Gasteiger partial charge < -0.3 is 9.47 Å². The van der Waals surface area contributed by atoms with Crippen LogP contribution in [0, 0.1) is 0 Å². The standard InChI is InChI=1S/C13H19N2/c1-15(2,3)9-8-11-10-14-13-7-5-4-6-12(11)13/h4-7,10,14H,8-9H2,1-3H3/q+1. The molecule has 1 aromatic carbocycles. The maximum absolute atomic E-state index is 3.32. The van der Waals surface area contributed by atoms with E-state index >= 15 is 0 Å². The van der Waals surface area contributed by atoms with Crippen LogP contribution in [0.4, 0.5) is 0 Å². The maximum atomic E-state index is 3.32. The monoisotopic (exact) mass is 203 g/mol. The second-order valence-electron chi connectivity index (χ2n) is 5.12.